The number of nitrogens with zero attached hydrogens (tertiary/aromatic N) is 3. The molecule has 0 amide bonds. The minimum Gasteiger partial charge on any atom is -0.436 e. The van der Waals surface area contributed by atoms with Crippen LogP contribution in [0.1, 0.15) is 0 Å². The Morgan fingerprint density at radius 2 is 0.776 bits per heavy atom. The van der Waals surface area contributed by atoms with Crippen molar-refractivity contribution < 1.29 is 8.83 Å². The number of para-hydroxylation sites is 4. The van der Waals surface area contributed by atoms with E-state index in [1.807, 2.05) is 54.6 Å². The summed E-state index contributed by atoms with van der Waals surface area (Å²) in [4.78, 5) is 9.57. The molecule has 3 heterocycles. The predicted molar refractivity (Wildman–Crippen MR) is 198 cm³/mol. The second-order valence-electron chi connectivity index (χ2n) is 12.3. The minimum absolute atomic E-state index is 0.599. The first-order chi connectivity index (χ1) is 24.2. The summed E-state index contributed by atoms with van der Waals surface area (Å²) in [5, 5.41) is 2.18. The lowest BCUT2D eigenvalue weighted by molar-refractivity contribution is 0.619. The Hall–Kier alpha value is -6.72. The van der Waals surface area contributed by atoms with Gasteiger partial charge in [-0.25, -0.2) is 9.97 Å². The van der Waals surface area contributed by atoms with Crippen LogP contribution in [0.5, 0.6) is 0 Å². The van der Waals surface area contributed by atoms with E-state index in [2.05, 4.69) is 114 Å². The highest BCUT2D eigenvalue weighted by atomic mass is 16.4. The van der Waals surface area contributed by atoms with E-state index in [0.29, 0.717) is 11.8 Å². The quantitative estimate of drug-likeness (QED) is 0.190. The summed E-state index contributed by atoms with van der Waals surface area (Å²) in [6.07, 6.45) is 0. The van der Waals surface area contributed by atoms with Crippen molar-refractivity contribution in [3.05, 3.63) is 164 Å². The first-order valence-corrected chi connectivity index (χ1v) is 16.3. The van der Waals surface area contributed by atoms with Crippen LogP contribution in [0.4, 0.5) is 0 Å². The maximum atomic E-state index is 6.18. The van der Waals surface area contributed by atoms with Crippen molar-refractivity contribution >= 4 is 44.0 Å². The number of oxazole rings is 2. The Labute approximate surface area is 281 Å². The first-order valence-electron chi connectivity index (χ1n) is 16.3. The van der Waals surface area contributed by atoms with Crippen molar-refractivity contribution in [1.82, 2.24) is 14.5 Å². The molecule has 0 saturated heterocycles. The van der Waals surface area contributed by atoms with Gasteiger partial charge in [-0.15, -0.1) is 0 Å². The molecule has 0 saturated carbocycles. The molecular weight excluding hydrogens is 603 g/mol. The van der Waals surface area contributed by atoms with Crippen LogP contribution in [-0.2, 0) is 0 Å². The minimum atomic E-state index is 0.599. The smallest absolute Gasteiger partial charge is 0.227 e. The molecule has 3 aromatic heterocycles. The van der Waals surface area contributed by atoms with Gasteiger partial charge in [0.2, 0.25) is 11.8 Å². The first kappa shape index (κ1) is 27.4. The molecule has 0 N–H and O–H groups in total. The summed E-state index contributed by atoms with van der Waals surface area (Å²) in [5.74, 6) is 1.20. The van der Waals surface area contributed by atoms with Crippen LogP contribution in [0.25, 0.3) is 94.9 Å². The Balaban J connectivity index is 1.10. The molecule has 0 bridgehead atoms. The van der Waals surface area contributed by atoms with Crippen molar-refractivity contribution in [3.63, 3.8) is 0 Å². The lowest BCUT2D eigenvalue weighted by atomic mass is 10.0. The summed E-state index contributed by atoms with van der Waals surface area (Å²) in [6, 6.07) is 56.6. The van der Waals surface area contributed by atoms with E-state index in [1.54, 1.807) is 0 Å². The van der Waals surface area contributed by atoms with Crippen LogP contribution in [0.15, 0.2) is 173 Å². The second-order valence-corrected chi connectivity index (χ2v) is 12.3. The largest absolute Gasteiger partial charge is 0.436 e. The van der Waals surface area contributed by atoms with Crippen molar-refractivity contribution in [2.45, 2.75) is 0 Å². The monoisotopic (exact) mass is 629 g/mol. The maximum Gasteiger partial charge on any atom is 0.227 e. The summed E-state index contributed by atoms with van der Waals surface area (Å²) in [6.45, 7) is 0. The van der Waals surface area contributed by atoms with E-state index in [0.717, 1.165) is 60.8 Å². The number of hydrogen-bond donors (Lipinski definition) is 0. The molecule has 0 radical (unpaired) electrons. The molecule has 0 aliphatic heterocycles. The zero-order valence-corrected chi connectivity index (χ0v) is 26.2. The second kappa shape index (κ2) is 10.9. The highest BCUT2D eigenvalue weighted by Gasteiger charge is 2.18. The van der Waals surface area contributed by atoms with E-state index in [9.17, 15) is 0 Å². The Kier molecular flexibility index (Phi) is 6.11. The fraction of sp³-hybridized carbons (Fsp3) is 0. The van der Waals surface area contributed by atoms with Crippen molar-refractivity contribution in [1.29, 1.82) is 0 Å². The van der Waals surface area contributed by atoms with Gasteiger partial charge in [-0.3, -0.25) is 0 Å². The van der Waals surface area contributed by atoms with Crippen LogP contribution in [0, 0.1) is 0 Å². The van der Waals surface area contributed by atoms with Gasteiger partial charge in [0.1, 0.15) is 11.0 Å². The molecule has 5 heteroatoms. The van der Waals surface area contributed by atoms with E-state index >= 15 is 0 Å². The van der Waals surface area contributed by atoms with Gasteiger partial charge in [0, 0.05) is 27.6 Å². The summed E-state index contributed by atoms with van der Waals surface area (Å²) >= 11 is 0. The fourth-order valence-electron chi connectivity index (χ4n) is 6.85. The molecule has 10 rings (SSSR count). The summed E-state index contributed by atoms with van der Waals surface area (Å²) in [5.41, 5.74) is 13.1. The van der Waals surface area contributed by atoms with Crippen LogP contribution in [-0.4, -0.2) is 14.5 Å². The fourth-order valence-corrected chi connectivity index (χ4v) is 6.85. The third-order valence-electron chi connectivity index (χ3n) is 9.30. The zero-order chi connectivity index (χ0) is 32.3. The van der Waals surface area contributed by atoms with E-state index in [-0.39, 0.29) is 0 Å². The van der Waals surface area contributed by atoms with Crippen molar-refractivity contribution in [2.75, 3.05) is 0 Å². The van der Waals surface area contributed by atoms with Gasteiger partial charge < -0.3 is 13.4 Å². The van der Waals surface area contributed by atoms with Gasteiger partial charge in [0.15, 0.2) is 11.2 Å². The zero-order valence-electron chi connectivity index (χ0n) is 26.2. The number of benzene rings is 7. The number of rotatable bonds is 5. The maximum absolute atomic E-state index is 6.18. The van der Waals surface area contributed by atoms with Gasteiger partial charge in [0.05, 0.1) is 11.0 Å². The Morgan fingerprint density at radius 3 is 1.27 bits per heavy atom. The third-order valence-corrected chi connectivity index (χ3v) is 9.30. The van der Waals surface area contributed by atoms with Crippen LogP contribution >= 0.6 is 0 Å². The van der Waals surface area contributed by atoms with E-state index in [4.69, 9.17) is 18.8 Å². The standard InChI is InChI=1S/C44H27N3O2/c1-2-8-28(9-3-1)29-14-16-30(17-15-29)31-18-22-34(23-19-31)47-39-24-20-32(43-45-37-10-4-6-12-41(37)48-43)26-35(39)36-27-33(21-25-40(36)47)44-46-38-11-5-7-13-42(38)49-44/h1-27H. The van der Waals surface area contributed by atoms with Gasteiger partial charge in [-0.05, 0) is 95.1 Å². The predicted octanol–water partition coefficient (Wildman–Crippen LogP) is 11.7. The molecular formula is C44H27N3O2. The third kappa shape index (κ3) is 4.63. The molecule has 0 spiro atoms. The van der Waals surface area contributed by atoms with Crippen LogP contribution < -0.4 is 0 Å². The molecule has 0 unspecified atom stereocenters. The van der Waals surface area contributed by atoms with Gasteiger partial charge in [0.25, 0.3) is 0 Å². The molecule has 10 aromatic rings. The van der Waals surface area contributed by atoms with Gasteiger partial charge in [-0.1, -0.05) is 91.0 Å². The summed E-state index contributed by atoms with van der Waals surface area (Å²) in [7, 11) is 0. The number of aromatic nitrogens is 3. The topological polar surface area (TPSA) is 57.0 Å². The highest BCUT2D eigenvalue weighted by Crippen LogP contribution is 2.38. The molecule has 230 valence electrons. The van der Waals surface area contributed by atoms with Crippen LogP contribution in [0.3, 0.4) is 0 Å². The van der Waals surface area contributed by atoms with Crippen molar-refractivity contribution in [3.8, 4) is 50.8 Å². The van der Waals surface area contributed by atoms with E-state index < -0.39 is 0 Å². The molecule has 0 aliphatic rings. The average Bonchev–Trinajstić information content (AvgIpc) is 3.89. The van der Waals surface area contributed by atoms with E-state index in [1.165, 1.54) is 22.3 Å². The van der Waals surface area contributed by atoms with Gasteiger partial charge >= 0.3 is 0 Å². The number of fused-ring (bicyclic) bond motifs is 5. The van der Waals surface area contributed by atoms with Crippen molar-refractivity contribution in [2.24, 2.45) is 0 Å². The molecule has 7 aromatic carbocycles. The SMILES string of the molecule is c1ccc(-c2ccc(-c3ccc(-n4c5ccc(-c6nc7ccccc7o6)cc5c5cc(-c6nc7ccccc7o6)ccc54)cc3)cc2)cc1. The van der Waals surface area contributed by atoms with Gasteiger partial charge in [-0.2, -0.15) is 0 Å². The Morgan fingerprint density at radius 1 is 0.367 bits per heavy atom. The summed E-state index contributed by atoms with van der Waals surface area (Å²) < 4.78 is 14.7. The molecule has 0 fully saturated rings. The highest BCUT2D eigenvalue weighted by molar-refractivity contribution is 6.11. The average molecular weight is 630 g/mol. The molecule has 0 atom stereocenters. The molecule has 0 aliphatic carbocycles. The Bertz CT molecular complexity index is 2610. The lowest BCUT2D eigenvalue weighted by Crippen LogP contribution is -1.94. The van der Waals surface area contributed by atoms with Crippen LogP contribution in [0.2, 0.25) is 0 Å². The molecule has 49 heavy (non-hydrogen) atoms. The normalized spacial score (nSPS) is 11.7. The lowest BCUT2D eigenvalue weighted by Gasteiger charge is -2.10. The number of hydrogen-bond acceptors (Lipinski definition) is 4. The molecule has 5 nitrogen and oxygen atoms in total.